The first-order valence-electron chi connectivity index (χ1n) is 7.48. The predicted molar refractivity (Wildman–Crippen MR) is 89.1 cm³/mol. The maximum Gasteiger partial charge on any atom is 0.317 e. The molecule has 1 aromatic heterocycles. The summed E-state index contributed by atoms with van der Waals surface area (Å²) in [6.07, 6.45) is 0.999. The highest BCUT2D eigenvalue weighted by Crippen LogP contribution is 2.22. The molecule has 1 aliphatic rings. The second-order valence-corrected chi connectivity index (χ2v) is 7.43. The summed E-state index contributed by atoms with van der Waals surface area (Å²) in [6, 6.07) is 3.79. The standard InChI is InChI=1S/C15H21ClN2O4S/c1-17(10-15(20)21)8-11-9-18(6-7-22-11)14(19)5-3-12-2-4-13(16)23-12/h2,4,11H,3,5-10H2,1H3,(H,20,21)/t11-/m1/s1. The molecule has 2 rings (SSSR count). The van der Waals surface area contributed by atoms with Crippen LogP contribution in [0.15, 0.2) is 12.1 Å². The number of halogens is 1. The van der Waals surface area contributed by atoms with Crippen LogP contribution in [0, 0.1) is 0 Å². The number of ether oxygens (including phenoxy) is 1. The van der Waals surface area contributed by atoms with Gasteiger partial charge in [-0.25, -0.2) is 0 Å². The first-order chi connectivity index (χ1) is 10.9. The number of hydrogen-bond donors (Lipinski definition) is 1. The van der Waals surface area contributed by atoms with E-state index in [9.17, 15) is 9.59 Å². The normalized spacial score (nSPS) is 18.4. The van der Waals surface area contributed by atoms with Crippen molar-refractivity contribution < 1.29 is 19.4 Å². The average Bonchev–Trinajstić information content (AvgIpc) is 2.89. The largest absolute Gasteiger partial charge is 0.480 e. The number of morpholine rings is 1. The number of rotatable bonds is 7. The summed E-state index contributed by atoms with van der Waals surface area (Å²) in [5.74, 6) is -0.769. The Labute approximate surface area is 144 Å². The summed E-state index contributed by atoms with van der Waals surface area (Å²) in [5, 5.41) is 8.78. The highest BCUT2D eigenvalue weighted by atomic mass is 35.5. The van der Waals surface area contributed by atoms with Gasteiger partial charge in [0.05, 0.1) is 23.6 Å². The van der Waals surface area contributed by atoms with Crippen LogP contribution in [0.5, 0.6) is 0 Å². The molecule has 1 atom stereocenters. The minimum Gasteiger partial charge on any atom is -0.480 e. The van der Waals surface area contributed by atoms with Gasteiger partial charge in [-0.2, -0.15) is 0 Å². The Hall–Kier alpha value is -1.15. The van der Waals surface area contributed by atoms with Crippen LogP contribution in [-0.4, -0.2) is 72.7 Å². The van der Waals surface area contributed by atoms with Crippen molar-refractivity contribution in [2.75, 3.05) is 39.8 Å². The molecular weight excluding hydrogens is 340 g/mol. The third-order valence-corrected chi connectivity index (χ3v) is 4.92. The predicted octanol–water partition coefficient (Wildman–Crippen LogP) is 1.58. The molecule has 0 radical (unpaired) electrons. The molecule has 0 saturated carbocycles. The number of carbonyl (C=O) groups excluding carboxylic acids is 1. The number of carboxylic acids is 1. The second-order valence-electron chi connectivity index (χ2n) is 5.63. The molecule has 8 heteroatoms. The summed E-state index contributed by atoms with van der Waals surface area (Å²) in [6.45, 7) is 2.04. The molecule has 1 aromatic rings. The van der Waals surface area contributed by atoms with Crippen LogP contribution < -0.4 is 0 Å². The second kappa shape index (κ2) is 8.63. The molecule has 1 aliphatic heterocycles. The summed E-state index contributed by atoms with van der Waals surface area (Å²) < 4.78 is 6.37. The molecule has 0 bridgehead atoms. The van der Waals surface area contributed by atoms with Gasteiger partial charge >= 0.3 is 5.97 Å². The first-order valence-corrected chi connectivity index (χ1v) is 8.67. The van der Waals surface area contributed by atoms with E-state index < -0.39 is 5.97 Å². The third-order valence-electron chi connectivity index (χ3n) is 3.63. The number of carbonyl (C=O) groups is 2. The Morgan fingerprint density at radius 2 is 2.30 bits per heavy atom. The van der Waals surface area contributed by atoms with Crippen LogP contribution in [0.1, 0.15) is 11.3 Å². The van der Waals surface area contributed by atoms with Crippen LogP contribution in [0.4, 0.5) is 0 Å². The van der Waals surface area contributed by atoms with Gasteiger partial charge in [0, 0.05) is 30.9 Å². The fourth-order valence-electron chi connectivity index (χ4n) is 2.57. The number of nitrogens with zero attached hydrogens (tertiary/aromatic N) is 2. The third kappa shape index (κ3) is 6.10. The van der Waals surface area contributed by atoms with Crippen molar-refractivity contribution in [3.63, 3.8) is 0 Å². The molecule has 2 heterocycles. The quantitative estimate of drug-likeness (QED) is 0.799. The fraction of sp³-hybridized carbons (Fsp3) is 0.600. The van der Waals surface area contributed by atoms with Crippen LogP contribution >= 0.6 is 22.9 Å². The van der Waals surface area contributed by atoms with Crippen molar-refractivity contribution in [2.24, 2.45) is 0 Å². The van der Waals surface area contributed by atoms with Crippen LogP contribution in [-0.2, 0) is 20.7 Å². The zero-order valence-corrected chi connectivity index (χ0v) is 14.6. The average molecular weight is 361 g/mol. The molecular formula is C15H21ClN2O4S. The van der Waals surface area contributed by atoms with E-state index in [0.717, 1.165) is 9.21 Å². The molecule has 128 valence electrons. The lowest BCUT2D eigenvalue weighted by Crippen LogP contribution is -2.49. The lowest BCUT2D eigenvalue weighted by molar-refractivity contribution is -0.142. The molecule has 0 unspecified atom stereocenters. The molecule has 0 aliphatic carbocycles. The van der Waals surface area contributed by atoms with E-state index in [1.54, 1.807) is 16.8 Å². The van der Waals surface area contributed by atoms with Gasteiger partial charge in [-0.15, -0.1) is 11.3 Å². The van der Waals surface area contributed by atoms with Gasteiger partial charge in [-0.1, -0.05) is 11.6 Å². The van der Waals surface area contributed by atoms with E-state index >= 15 is 0 Å². The van der Waals surface area contributed by atoms with Crippen molar-refractivity contribution in [1.29, 1.82) is 0 Å². The van der Waals surface area contributed by atoms with Gasteiger partial charge in [0.2, 0.25) is 5.91 Å². The van der Waals surface area contributed by atoms with Crippen LogP contribution in [0.2, 0.25) is 4.34 Å². The molecule has 23 heavy (non-hydrogen) atoms. The number of hydrogen-bond acceptors (Lipinski definition) is 5. The van der Waals surface area contributed by atoms with E-state index in [1.165, 1.54) is 11.3 Å². The van der Waals surface area contributed by atoms with E-state index in [2.05, 4.69) is 0 Å². The topological polar surface area (TPSA) is 70.1 Å². The molecule has 0 spiro atoms. The number of aliphatic carboxylic acids is 1. The SMILES string of the molecule is CN(CC(=O)O)C[C@@H]1CN(C(=O)CCc2ccc(Cl)s2)CCO1. The first kappa shape index (κ1) is 18.2. The minimum atomic E-state index is -0.870. The summed E-state index contributed by atoms with van der Waals surface area (Å²) in [5.41, 5.74) is 0. The fourth-order valence-corrected chi connectivity index (χ4v) is 3.66. The minimum absolute atomic E-state index is 0.0348. The van der Waals surface area contributed by atoms with E-state index in [4.69, 9.17) is 21.4 Å². The van der Waals surface area contributed by atoms with Gasteiger partial charge in [-0.3, -0.25) is 14.5 Å². The smallest absolute Gasteiger partial charge is 0.317 e. The van der Waals surface area contributed by atoms with Crippen molar-refractivity contribution in [1.82, 2.24) is 9.80 Å². The van der Waals surface area contributed by atoms with Crippen molar-refractivity contribution in [3.05, 3.63) is 21.3 Å². The number of likely N-dealkylation sites (N-methyl/N-ethyl adjacent to an activating group) is 1. The Morgan fingerprint density at radius 1 is 1.52 bits per heavy atom. The van der Waals surface area contributed by atoms with Crippen molar-refractivity contribution in [3.8, 4) is 0 Å². The van der Waals surface area contributed by atoms with E-state index in [1.807, 2.05) is 12.1 Å². The maximum absolute atomic E-state index is 12.3. The summed E-state index contributed by atoms with van der Waals surface area (Å²) in [4.78, 5) is 27.6. The number of amides is 1. The Balaban J connectivity index is 1.78. The monoisotopic (exact) mass is 360 g/mol. The van der Waals surface area contributed by atoms with Crippen LogP contribution in [0.25, 0.3) is 0 Å². The molecule has 1 fully saturated rings. The van der Waals surface area contributed by atoms with Gasteiger partial charge in [-0.05, 0) is 25.6 Å². The Morgan fingerprint density at radius 3 is 2.96 bits per heavy atom. The summed E-state index contributed by atoms with van der Waals surface area (Å²) in [7, 11) is 1.73. The lowest BCUT2D eigenvalue weighted by atomic mass is 10.2. The number of carboxylic acid groups (broad SMARTS) is 1. The van der Waals surface area contributed by atoms with Crippen molar-refractivity contribution in [2.45, 2.75) is 18.9 Å². The molecule has 0 aromatic carbocycles. The highest BCUT2D eigenvalue weighted by molar-refractivity contribution is 7.16. The number of aryl methyl sites for hydroxylation is 1. The zero-order valence-electron chi connectivity index (χ0n) is 13.0. The molecule has 6 nitrogen and oxygen atoms in total. The van der Waals surface area contributed by atoms with Crippen LogP contribution in [0.3, 0.4) is 0 Å². The van der Waals surface area contributed by atoms with Gasteiger partial charge in [0.1, 0.15) is 0 Å². The maximum atomic E-state index is 12.3. The van der Waals surface area contributed by atoms with Gasteiger partial charge in [0.25, 0.3) is 0 Å². The van der Waals surface area contributed by atoms with Crippen molar-refractivity contribution >= 4 is 34.8 Å². The van der Waals surface area contributed by atoms with Gasteiger partial charge in [0.15, 0.2) is 0 Å². The highest BCUT2D eigenvalue weighted by Gasteiger charge is 2.25. The molecule has 1 N–H and O–H groups in total. The van der Waals surface area contributed by atoms with E-state index in [0.29, 0.717) is 39.1 Å². The van der Waals surface area contributed by atoms with Gasteiger partial charge < -0.3 is 14.7 Å². The van der Waals surface area contributed by atoms with E-state index in [-0.39, 0.29) is 18.6 Å². The molecule has 1 amide bonds. The lowest BCUT2D eigenvalue weighted by Gasteiger charge is -2.34. The summed E-state index contributed by atoms with van der Waals surface area (Å²) >= 11 is 7.39. The molecule has 1 saturated heterocycles. The number of thiophene rings is 1. The Bertz CT molecular complexity index is 551. The Kier molecular flexibility index (Phi) is 6.83. The zero-order chi connectivity index (χ0) is 16.8.